The molecule has 0 atom stereocenters. The summed E-state index contributed by atoms with van der Waals surface area (Å²) in [5.41, 5.74) is 4.65. The van der Waals surface area contributed by atoms with E-state index in [-0.39, 0.29) is 50.3 Å². The molecule has 2 heterocycles. The molecule has 174 valence electrons. The first-order chi connectivity index (χ1) is 15.0. The van der Waals surface area contributed by atoms with Gasteiger partial charge in [-0.3, -0.25) is 9.59 Å². The topological polar surface area (TPSA) is 91.1 Å². The zero-order valence-electron chi connectivity index (χ0n) is 19.6. The van der Waals surface area contributed by atoms with E-state index >= 15 is 0 Å². The van der Waals surface area contributed by atoms with E-state index < -0.39 is 10.0 Å². The van der Waals surface area contributed by atoms with Gasteiger partial charge in [0.05, 0.1) is 17.7 Å². The van der Waals surface area contributed by atoms with Gasteiger partial charge in [0.1, 0.15) is 0 Å². The van der Waals surface area contributed by atoms with Crippen LogP contribution in [0.2, 0.25) is 0 Å². The molecular weight excluding hydrogens is 430 g/mol. The molecule has 3 rings (SSSR count). The van der Waals surface area contributed by atoms with Gasteiger partial charge in [-0.2, -0.15) is 4.31 Å². The highest BCUT2D eigenvalue weighted by Crippen LogP contribution is 2.31. The number of amides is 2. The van der Waals surface area contributed by atoms with E-state index in [9.17, 15) is 18.0 Å². The molecule has 2 amide bonds. The lowest BCUT2D eigenvalue weighted by molar-refractivity contribution is -0.132. The van der Waals surface area contributed by atoms with Crippen molar-refractivity contribution in [3.63, 3.8) is 0 Å². The minimum Gasteiger partial charge on any atom is -0.459 e. The Morgan fingerprint density at radius 1 is 0.938 bits per heavy atom. The lowest BCUT2D eigenvalue weighted by Crippen LogP contribution is -2.52. The van der Waals surface area contributed by atoms with Crippen LogP contribution in [0, 0.1) is 34.6 Å². The van der Waals surface area contributed by atoms with Gasteiger partial charge in [-0.1, -0.05) is 0 Å². The number of furan rings is 1. The summed E-state index contributed by atoms with van der Waals surface area (Å²) in [5.74, 6) is -0.426. The average Bonchev–Trinajstić information content (AvgIpc) is 3.30. The van der Waals surface area contributed by atoms with Gasteiger partial charge in [0.2, 0.25) is 15.9 Å². The average molecular weight is 462 g/mol. The second-order valence-corrected chi connectivity index (χ2v) is 10.3. The zero-order chi connectivity index (χ0) is 23.8. The van der Waals surface area contributed by atoms with Gasteiger partial charge in [-0.05, 0) is 74.6 Å². The minimum absolute atomic E-state index is 0.0964. The highest BCUT2D eigenvalue weighted by molar-refractivity contribution is 7.89. The molecule has 1 aromatic heterocycles. The molecule has 0 aliphatic carbocycles. The smallest absolute Gasteiger partial charge is 0.289 e. The first kappa shape index (κ1) is 24.0. The van der Waals surface area contributed by atoms with E-state index in [0.717, 1.165) is 27.8 Å². The molecule has 1 aromatic carbocycles. The maximum atomic E-state index is 13.5. The van der Waals surface area contributed by atoms with Crippen molar-refractivity contribution in [1.29, 1.82) is 0 Å². The highest BCUT2D eigenvalue weighted by atomic mass is 32.2. The number of sulfonamides is 1. The lowest BCUT2D eigenvalue weighted by Gasteiger charge is -2.35. The molecular formula is C23H31N3O5S. The Labute approximate surface area is 189 Å². The Hall–Kier alpha value is -2.65. The first-order valence-electron chi connectivity index (χ1n) is 10.6. The molecule has 0 N–H and O–H groups in total. The van der Waals surface area contributed by atoms with E-state index in [1.165, 1.54) is 22.5 Å². The summed E-state index contributed by atoms with van der Waals surface area (Å²) in [6.45, 7) is 10.5. The van der Waals surface area contributed by atoms with Crippen LogP contribution in [0.15, 0.2) is 27.7 Å². The van der Waals surface area contributed by atoms with Crippen molar-refractivity contribution in [3.05, 3.63) is 52.0 Å². The number of benzene rings is 1. The second-order valence-electron chi connectivity index (χ2n) is 8.38. The summed E-state index contributed by atoms with van der Waals surface area (Å²) in [5, 5.41) is 0. The second kappa shape index (κ2) is 9.07. The molecule has 0 bridgehead atoms. The van der Waals surface area contributed by atoms with Gasteiger partial charge in [-0.15, -0.1) is 0 Å². The van der Waals surface area contributed by atoms with Crippen molar-refractivity contribution < 1.29 is 22.4 Å². The fourth-order valence-electron chi connectivity index (χ4n) is 4.12. The van der Waals surface area contributed by atoms with E-state index in [2.05, 4.69) is 0 Å². The number of hydrogen-bond donors (Lipinski definition) is 0. The number of rotatable bonds is 5. The Bertz CT molecular complexity index is 1100. The van der Waals surface area contributed by atoms with Crippen LogP contribution in [0.3, 0.4) is 0 Å². The fourth-order valence-corrected chi connectivity index (χ4v) is 6.10. The molecule has 0 saturated carbocycles. The van der Waals surface area contributed by atoms with Crippen molar-refractivity contribution in [2.45, 2.75) is 39.5 Å². The zero-order valence-corrected chi connectivity index (χ0v) is 20.4. The highest BCUT2D eigenvalue weighted by Gasteiger charge is 2.33. The van der Waals surface area contributed by atoms with Crippen LogP contribution in [-0.2, 0) is 14.8 Å². The summed E-state index contributed by atoms with van der Waals surface area (Å²) in [7, 11) is -2.14. The molecule has 0 radical (unpaired) electrons. The Morgan fingerprint density at radius 3 is 1.97 bits per heavy atom. The van der Waals surface area contributed by atoms with Crippen LogP contribution in [-0.4, -0.2) is 74.1 Å². The van der Waals surface area contributed by atoms with Crippen LogP contribution in [0.1, 0.15) is 38.4 Å². The van der Waals surface area contributed by atoms with E-state index in [4.69, 9.17) is 4.42 Å². The van der Waals surface area contributed by atoms with Crippen molar-refractivity contribution >= 4 is 21.8 Å². The number of hydrogen-bond acceptors (Lipinski definition) is 5. The number of piperazine rings is 1. The van der Waals surface area contributed by atoms with E-state index in [1.54, 1.807) is 17.0 Å². The van der Waals surface area contributed by atoms with Crippen molar-refractivity contribution in [2.75, 3.05) is 39.8 Å². The van der Waals surface area contributed by atoms with Crippen LogP contribution in [0.4, 0.5) is 0 Å². The summed E-state index contributed by atoms with van der Waals surface area (Å²) >= 11 is 0. The maximum Gasteiger partial charge on any atom is 0.289 e. The van der Waals surface area contributed by atoms with Crippen LogP contribution >= 0.6 is 0 Å². The predicted octanol–water partition coefficient (Wildman–Crippen LogP) is 2.43. The van der Waals surface area contributed by atoms with Crippen molar-refractivity contribution in [2.24, 2.45) is 0 Å². The van der Waals surface area contributed by atoms with Crippen molar-refractivity contribution in [1.82, 2.24) is 14.1 Å². The van der Waals surface area contributed by atoms with Crippen LogP contribution in [0.25, 0.3) is 0 Å². The summed E-state index contributed by atoms with van der Waals surface area (Å²) in [6.07, 6.45) is 1.41. The SMILES string of the molecule is Cc1c(C)c(C)c(S(=O)(=O)N2CCN(C(=O)CN(C)C(=O)c3ccco3)CC2)c(C)c1C. The standard InChI is InChI=1S/C23H31N3O5S/c1-15-16(2)18(4)22(19(5)17(15)3)32(29,30)26-11-9-25(10-12-26)21(27)14-24(6)23(28)20-8-7-13-31-20/h7-8,13H,9-12,14H2,1-6H3. The first-order valence-corrected chi connectivity index (χ1v) is 12.0. The molecule has 0 spiro atoms. The molecule has 9 heteroatoms. The minimum atomic E-state index is -3.68. The molecule has 2 aromatic rings. The Morgan fingerprint density at radius 2 is 1.47 bits per heavy atom. The van der Waals surface area contributed by atoms with Crippen LogP contribution in [0.5, 0.6) is 0 Å². The normalized spacial score (nSPS) is 15.1. The van der Waals surface area contributed by atoms with E-state index in [0.29, 0.717) is 4.90 Å². The van der Waals surface area contributed by atoms with Gasteiger partial charge >= 0.3 is 0 Å². The molecule has 1 saturated heterocycles. The summed E-state index contributed by atoms with van der Waals surface area (Å²) in [4.78, 5) is 28.2. The molecule has 1 aliphatic heterocycles. The van der Waals surface area contributed by atoms with Gasteiger partial charge in [-0.25, -0.2) is 8.42 Å². The largest absolute Gasteiger partial charge is 0.459 e. The molecule has 8 nitrogen and oxygen atoms in total. The maximum absolute atomic E-state index is 13.5. The van der Waals surface area contributed by atoms with Crippen LogP contribution < -0.4 is 0 Å². The van der Waals surface area contributed by atoms with Gasteiger partial charge in [0.25, 0.3) is 5.91 Å². The summed E-state index contributed by atoms with van der Waals surface area (Å²) < 4.78 is 33.5. The fraction of sp³-hybridized carbons (Fsp3) is 0.478. The molecule has 32 heavy (non-hydrogen) atoms. The Balaban J connectivity index is 1.69. The van der Waals surface area contributed by atoms with E-state index in [1.807, 2.05) is 34.6 Å². The number of nitrogens with zero attached hydrogens (tertiary/aromatic N) is 3. The third-order valence-corrected chi connectivity index (χ3v) is 8.74. The number of carbonyl (C=O) groups is 2. The molecule has 0 unspecified atom stereocenters. The van der Waals surface area contributed by atoms with Gasteiger partial charge in [0.15, 0.2) is 5.76 Å². The third kappa shape index (κ3) is 4.31. The molecule has 1 aliphatic rings. The predicted molar refractivity (Wildman–Crippen MR) is 121 cm³/mol. The monoisotopic (exact) mass is 461 g/mol. The number of carbonyl (C=O) groups excluding carboxylic acids is 2. The lowest BCUT2D eigenvalue weighted by atomic mass is 9.95. The molecule has 1 fully saturated rings. The Kier molecular flexibility index (Phi) is 6.80. The summed E-state index contributed by atoms with van der Waals surface area (Å²) in [6, 6.07) is 3.16. The quantitative estimate of drug-likeness (QED) is 0.682. The number of likely N-dealkylation sites (N-methyl/N-ethyl adjacent to an activating group) is 1. The van der Waals surface area contributed by atoms with Gasteiger partial charge < -0.3 is 14.2 Å². The van der Waals surface area contributed by atoms with Gasteiger partial charge in [0, 0.05) is 33.2 Å². The third-order valence-electron chi connectivity index (χ3n) is 6.57. The van der Waals surface area contributed by atoms with Crippen molar-refractivity contribution in [3.8, 4) is 0 Å².